The summed E-state index contributed by atoms with van der Waals surface area (Å²) in [6.07, 6.45) is 0. The Morgan fingerprint density at radius 3 is 2.55 bits per heavy atom. The van der Waals surface area contributed by atoms with Crippen molar-refractivity contribution in [3.8, 4) is 5.75 Å². The minimum Gasteiger partial charge on any atom is -0.496 e. The van der Waals surface area contributed by atoms with E-state index in [1.807, 2.05) is 19.9 Å². The van der Waals surface area contributed by atoms with Gasteiger partial charge in [-0.3, -0.25) is 0 Å². The predicted octanol–water partition coefficient (Wildman–Crippen LogP) is 2.51. The van der Waals surface area contributed by atoms with E-state index in [4.69, 9.17) is 9.47 Å². The van der Waals surface area contributed by atoms with Gasteiger partial charge in [-0.15, -0.1) is 0 Å². The minimum absolute atomic E-state index is 0.115. The van der Waals surface area contributed by atoms with Gasteiger partial charge in [0.2, 0.25) is 0 Å². The van der Waals surface area contributed by atoms with Crippen molar-refractivity contribution < 1.29 is 14.6 Å². The zero-order valence-electron chi connectivity index (χ0n) is 13.2. The van der Waals surface area contributed by atoms with Gasteiger partial charge in [0.05, 0.1) is 13.7 Å². The van der Waals surface area contributed by atoms with Crippen LogP contribution >= 0.6 is 0 Å². The van der Waals surface area contributed by atoms with Crippen LogP contribution in [0.2, 0.25) is 0 Å². The van der Waals surface area contributed by atoms with Crippen molar-refractivity contribution in [3.05, 3.63) is 29.3 Å². The fourth-order valence-electron chi connectivity index (χ4n) is 1.94. The zero-order chi connectivity index (χ0) is 15.2. The molecule has 0 heterocycles. The second-order valence-corrected chi connectivity index (χ2v) is 5.93. The molecule has 0 aliphatic heterocycles. The number of methoxy groups -OCH3 is 2. The molecule has 0 amide bonds. The van der Waals surface area contributed by atoms with Crippen molar-refractivity contribution in [2.45, 2.75) is 33.4 Å². The molecule has 0 radical (unpaired) electrons. The van der Waals surface area contributed by atoms with E-state index in [1.54, 1.807) is 14.2 Å². The molecule has 1 aromatic rings. The molecule has 114 valence electrons. The highest BCUT2D eigenvalue weighted by molar-refractivity contribution is 5.38. The molecule has 1 rings (SSSR count). The number of hydrogen-bond acceptors (Lipinski definition) is 4. The maximum Gasteiger partial charge on any atom is 0.124 e. The van der Waals surface area contributed by atoms with Gasteiger partial charge in [0.1, 0.15) is 5.75 Å². The van der Waals surface area contributed by atoms with E-state index in [0.717, 1.165) is 17.9 Å². The number of ether oxygens (including phenoxy) is 2. The molecule has 20 heavy (non-hydrogen) atoms. The average molecular weight is 281 g/mol. The van der Waals surface area contributed by atoms with Crippen LogP contribution in [0.3, 0.4) is 0 Å². The van der Waals surface area contributed by atoms with Gasteiger partial charge in [-0.2, -0.15) is 0 Å². The molecular formula is C16H27NO3. The van der Waals surface area contributed by atoms with Crippen LogP contribution in [-0.2, 0) is 11.3 Å². The molecule has 1 unspecified atom stereocenters. The lowest BCUT2D eigenvalue weighted by Crippen LogP contribution is -2.33. The molecule has 0 spiro atoms. The van der Waals surface area contributed by atoms with E-state index >= 15 is 0 Å². The normalized spacial score (nSPS) is 13.3. The summed E-state index contributed by atoms with van der Waals surface area (Å²) in [5, 5.41) is 12.7. The van der Waals surface area contributed by atoms with Crippen LogP contribution in [-0.4, -0.2) is 32.5 Å². The first-order valence-electron chi connectivity index (χ1n) is 6.93. The summed E-state index contributed by atoms with van der Waals surface area (Å²) in [5.41, 5.74) is 2.12. The van der Waals surface area contributed by atoms with Crippen molar-refractivity contribution in [1.29, 1.82) is 0 Å². The Kier molecular flexibility index (Phi) is 6.46. The van der Waals surface area contributed by atoms with E-state index in [9.17, 15) is 5.11 Å². The lowest BCUT2D eigenvalue weighted by atomic mass is 9.94. The minimum atomic E-state index is -0.115. The van der Waals surface area contributed by atoms with Crippen LogP contribution in [0.25, 0.3) is 0 Å². The second kappa shape index (κ2) is 7.62. The largest absolute Gasteiger partial charge is 0.496 e. The summed E-state index contributed by atoms with van der Waals surface area (Å²) >= 11 is 0. The lowest BCUT2D eigenvalue weighted by molar-refractivity contribution is 0.154. The molecule has 0 bridgehead atoms. The van der Waals surface area contributed by atoms with Gasteiger partial charge in [0, 0.05) is 37.3 Å². The standard InChI is InChI=1S/C16H27NO3/c1-12(17-10-16(2,3)11-18)13-6-7-15(20-5)14(8-13)9-19-4/h6-8,12,17-18H,9-11H2,1-5H3. The van der Waals surface area contributed by atoms with Gasteiger partial charge in [-0.25, -0.2) is 0 Å². The topological polar surface area (TPSA) is 50.7 Å². The average Bonchev–Trinajstić information content (AvgIpc) is 2.45. The van der Waals surface area contributed by atoms with Gasteiger partial charge in [-0.1, -0.05) is 19.9 Å². The quantitative estimate of drug-likeness (QED) is 0.769. The number of aliphatic hydroxyl groups excluding tert-OH is 1. The van der Waals surface area contributed by atoms with Crippen LogP contribution in [0.1, 0.15) is 37.9 Å². The second-order valence-electron chi connectivity index (χ2n) is 5.93. The zero-order valence-corrected chi connectivity index (χ0v) is 13.2. The predicted molar refractivity (Wildman–Crippen MR) is 81.0 cm³/mol. The van der Waals surface area contributed by atoms with Crippen molar-refractivity contribution in [2.24, 2.45) is 5.41 Å². The fourth-order valence-corrected chi connectivity index (χ4v) is 1.94. The third kappa shape index (κ3) is 4.78. The maximum atomic E-state index is 9.29. The Hall–Kier alpha value is -1.10. The monoisotopic (exact) mass is 281 g/mol. The van der Waals surface area contributed by atoms with E-state index in [1.165, 1.54) is 5.56 Å². The van der Waals surface area contributed by atoms with E-state index in [0.29, 0.717) is 6.61 Å². The summed E-state index contributed by atoms with van der Waals surface area (Å²) in [7, 11) is 3.34. The van der Waals surface area contributed by atoms with E-state index in [2.05, 4.69) is 24.4 Å². The van der Waals surface area contributed by atoms with Crippen LogP contribution < -0.4 is 10.1 Å². The Labute approximate surface area is 122 Å². The Balaban J connectivity index is 2.77. The Morgan fingerprint density at radius 2 is 2.00 bits per heavy atom. The molecule has 1 atom stereocenters. The van der Waals surface area contributed by atoms with Gasteiger partial charge in [-0.05, 0) is 24.6 Å². The molecule has 0 aliphatic rings. The van der Waals surface area contributed by atoms with Crippen molar-refractivity contribution in [2.75, 3.05) is 27.4 Å². The first-order valence-corrected chi connectivity index (χ1v) is 6.93. The van der Waals surface area contributed by atoms with E-state index in [-0.39, 0.29) is 18.1 Å². The highest BCUT2D eigenvalue weighted by Crippen LogP contribution is 2.24. The first-order chi connectivity index (χ1) is 9.43. The van der Waals surface area contributed by atoms with Gasteiger partial charge in [0.15, 0.2) is 0 Å². The summed E-state index contributed by atoms with van der Waals surface area (Å²) in [4.78, 5) is 0. The summed E-state index contributed by atoms with van der Waals surface area (Å²) in [6, 6.07) is 6.34. The number of aliphatic hydroxyl groups is 1. The summed E-state index contributed by atoms with van der Waals surface area (Å²) < 4.78 is 10.5. The van der Waals surface area contributed by atoms with Crippen LogP contribution in [0, 0.1) is 5.41 Å². The van der Waals surface area contributed by atoms with E-state index < -0.39 is 0 Å². The van der Waals surface area contributed by atoms with Crippen LogP contribution in [0.15, 0.2) is 18.2 Å². The van der Waals surface area contributed by atoms with Crippen LogP contribution in [0.5, 0.6) is 5.75 Å². The number of rotatable bonds is 8. The van der Waals surface area contributed by atoms with Gasteiger partial charge < -0.3 is 19.9 Å². The SMILES string of the molecule is COCc1cc(C(C)NCC(C)(C)CO)ccc1OC. The molecule has 0 saturated carbocycles. The molecule has 1 aromatic carbocycles. The molecule has 0 aliphatic carbocycles. The lowest BCUT2D eigenvalue weighted by Gasteiger charge is -2.25. The molecule has 0 saturated heterocycles. The van der Waals surface area contributed by atoms with Gasteiger partial charge in [0.25, 0.3) is 0 Å². The Bertz CT molecular complexity index is 418. The first kappa shape index (κ1) is 17.0. The molecule has 4 heteroatoms. The molecule has 2 N–H and O–H groups in total. The molecule has 0 aromatic heterocycles. The number of hydrogen-bond donors (Lipinski definition) is 2. The van der Waals surface area contributed by atoms with Crippen molar-refractivity contribution in [1.82, 2.24) is 5.32 Å². The number of benzene rings is 1. The highest BCUT2D eigenvalue weighted by atomic mass is 16.5. The fraction of sp³-hybridized carbons (Fsp3) is 0.625. The van der Waals surface area contributed by atoms with Crippen molar-refractivity contribution >= 4 is 0 Å². The third-order valence-corrected chi connectivity index (χ3v) is 3.42. The summed E-state index contributed by atoms with van der Waals surface area (Å²) in [5.74, 6) is 0.846. The molecule has 0 fully saturated rings. The third-order valence-electron chi connectivity index (χ3n) is 3.42. The van der Waals surface area contributed by atoms with Crippen molar-refractivity contribution in [3.63, 3.8) is 0 Å². The number of nitrogens with one attached hydrogen (secondary N) is 1. The highest BCUT2D eigenvalue weighted by Gasteiger charge is 2.18. The Morgan fingerprint density at radius 1 is 1.30 bits per heavy atom. The summed E-state index contributed by atoms with van der Waals surface area (Å²) in [6.45, 7) is 7.66. The molecule has 4 nitrogen and oxygen atoms in total. The molecular weight excluding hydrogens is 254 g/mol. The smallest absolute Gasteiger partial charge is 0.124 e. The van der Waals surface area contributed by atoms with Crippen LogP contribution in [0.4, 0.5) is 0 Å². The van der Waals surface area contributed by atoms with Gasteiger partial charge >= 0.3 is 0 Å². The maximum absolute atomic E-state index is 9.29.